The summed E-state index contributed by atoms with van der Waals surface area (Å²) in [4.78, 5) is 14.5. The molecule has 0 spiro atoms. The molecule has 3 heteroatoms. The SMILES string of the molecule is COc1ccc([C@@H]2CCN(C(=O)CC3CCCC3)C2)cc1. The van der Waals surface area contributed by atoms with E-state index in [1.165, 1.54) is 31.2 Å². The highest BCUT2D eigenvalue weighted by atomic mass is 16.5. The molecule has 114 valence electrons. The van der Waals surface area contributed by atoms with Crippen molar-refractivity contribution in [3.8, 4) is 5.75 Å². The zero-order chi connectivity index (χ0) is 14.7. The first kappa shape index (κ1) is 14.4. The lowest BCUT2D eigenvalue weighted by Crippen LogP contribution is -2.29. The maximum absolute atomic E-state index is 12.4. The molecule has 0 radical (unpaired) electrons. The molecule has 1 heterocycles. The Hall–Kier alpha value is -1.51. The van der Waals surface area contributed by atoms with Crippen molar-refractivity contribution in [1.29, 1.82) is 0 Å². The van der Waals surface area contributed by atoms with Crippen LogP contribution in [0.5, 0.6) is 5.75 Å². The highest BCUT2D eigenvalue weighted by molar-refractivity contribution is 5.77. The van der Waals surface area contributed by atoms with Crippen LogP contribution in [0.25, 0.3) is 0 Å². The van der Waals surface area contributed by atoms with Gasteiger partial charge < -0.3 is 9.64 Å². The number of hydrogen-bond donors (Lipinski definition) is 0. The van der Waals surface area contributed by atoms with Gasteiger partial charge in [-0.05, 0) is 42.9 Å². The standard InChI is InChI=1S/C18H25NO2/c1-21-17-8-6-15(7-9-17)16-10-11-19(13-16)18(20)12-14-4-2-3-5-14/h6-9,14,16H,2-5,10-13H2,1H3/t16-/m1/s1. The van der Waals surface area contributed by atoms with Gasteiger partial charge in [0.2, 0.25) is 5.91 Å². The smallest absolute Gasteiger partial charge is 0.222 e. The summed E-state index contributed by atoms with van der Waals surface area (Å²) in [5, 5.41) is 0. The quantitative estimate of drug-likeness (QED) is 0.847. The third-order valence-corrected chi connectivity index (χ3v) is 5.07. The molecule has 1 amide bonds. The first-order valence-electron chi connectivity index (χ1n) is 8.18. The Balaban J connectivity index is 1.55. The summed E-state index contributed by atoms with van der Waals surface area (Å²) in [6.07, 6.45) is 6.99. The molecule has 3 rings (SSSR count). The zero-order valence-electron chi connectivity index (χ0n) is 12.9. The van der Waals surface area contributed by atoms with E-state index in [0.717, 1.165) is 31.7 Å². The fraction of sp³-hybridized carbons (Fsp3) is 0.611. The topological polar surface area (TPSA) is 29.5 Å². The number of amides is 1. The van der Waals surface area contributed by atoms with Crippen molar-refractivity contribution in [3.05, 3.63) is 29.8 Å². The van der Waals surface area contributed by atoms with Crippen LogP contribution in [0.4, 0.5) is 0 Å². The average molecular weight is 287 g/mol. The Kier molecular flexibility index (Phi) is 4.47. The van der Waals surface area contributed by atoms with Crippen LogP contribution in [0, 0.1) is 5.92 Å². The Labute approximate surface area is 127 Å². The highest BCUT2D eigenvalue weighted by Crippen LogP contribution is 2.31. The van der Waals surface area contributed by atoms with Gasteiger partial charge in [0.05, 0.1) is 7.11 Å². The molecule has 1 saturated heterocycles. The van der Waals surface area contributed by atoms with E-state index < -0.39 is 0 Å². The molecule has 1 aromatic rings. The van der Waals surface area contributed by atoms with Crippen molar-refractivity contribution < 1.29 is 9.53 Å². The second-order valence-corrected chi connectivity index (χ2v) is 6.45. The number of rotatable bonds is 4. The molecule has 0 bridgehead atoms. The summed E-state index contributed by atoms with van der Waals surface area (Å²) in [6, 6.07) is 8.29. The lowest BCUT2D eigenvalue weighted by molar-refractivity contribution is -0.131. The number of carbonyl (C=O) groups excluding carboxylic acids is 1. The van der Waals surface area contributed by atoms with Crippen LogP contribution in [0.15, 0.2) is 24.3 Å². The largest absolute Gasteiger partial charge is 0.497 e. The van der Waals surface area contributed by atoms with E-state index in [1.807, 2.05) is 12.1 Å². The fourth-order valence-electron chi connectivity index (χ4n) is 3.73. The van der Waals surface area contributed by atoms with Crippen LogP contribution in [0.3, 0.4) is 0 Å². The molecule has 0 unspecified atom stereocenters. The van der Waals surface area contributed by atoms with Gasteiger partial charge in [-0.15, -0.1) is 0 Å². The summed E-state index contributed by atoms with van der Waals surface area (Å²) >= 11 is 0. The highest BCUT2D eigenvalue weighted by Gasteiger charge is 2.29. The second kappa shape index (κ2) is 6.50. The molecule has 1 aromatic carbocycles. The molecule has 1 saturated carbocycles. The van der Waals surface area contributed by atoms with E-state index in [-0.39, 0.29) is 0 Å². The first-order valence-corrected chi connectivity index (χ1v) is 8.18. The molecule has 0 aromatic heterocycles. The van der Waals surface area contributed by atoms with Gasteiger partial charge in [0.1, 0.15) is 5.75 Å². The van der Waals surface area contributed by atoms with Crippen molar-refractivity contribution in [2.24, 2.45) is 5.92 Å². The monoisotopic (exact) mass is 287 g/mol. The normalized spacial score (nSPS) is 22.7. The number of likely N-dealkylation sites (tertiary alicyclic amines) is 1. The van der Waals surface area contributed by atoms with Crippen molar-refractivity contribution in [3.63, 3.8) is 0 Å². The minimum absolute atomic E-state index is 0.373. The second-order valence-electron chi connectivity index (χ2n) is 6.45. The Morgan fingerprint density at radius 1 is 1.19 bits per heavy atom. The van der Waals surface area contributed by atoms with Gasteiger partial charge in [-0.25, -0.2) is 0 Å². The van der Waals surface area contributed by atoms with Gasteiger partial charge in [0.25, 0.3) is 0 Å². The predicted molar refractivity (Wildman–Crippen MR) is 83.5 cm³/mol. The van der Waals surface area contributed by atoms with Crippen LogP contribution < -0.4 is 4.74 Å². The van der Waals surface area contributed by atoms with E-state index in [2.05, 4.69) is 17.0 Å². The van der Waals surface area contributed by atoms with Crippen LogP contribution in [0.1, 0.15) is 50.0 Å². The molecule has 2 fully saturated rings. The number of carbonyl (C=O) groups is 1. The zero-order valence-corrected chi connectivity index (χ0v) is 12.9. The predicted octanol–water partition coefficient (Wildman–Crippen LogP) is 3.59. The van der Waals surface area contributed by atoms with E-state index in [1.54, 1.807) is 7.11 Å². The van der Waals surface area contributed by atoms with Crippen LogP contribution >= 0.6 is 0 Å². The maximum atomic E-state index is 12.4. The van der Waals surface area contributed by atoms with Gasteiger partial charge in [-0.3, -0.25) is 4.79 Å². The number of methoxy groups -OCH3 is 1. The lowest BCUT2D eigenvalue weighted by Gasteiger charge is -2.19. The van der Waals surface area contributed by atoms with Gasteiger partial charge in [0, 0.05) is 25.4 Å². The summed E-state index contributed by atoms with van der Waals surface area (Å²) in [7, 11) is 1.69. The summed E-state index contributed by atoms with van der Waals surface area (Å²) in [6.45, 7) is 1.81. The maximum Gasteiger partial charge on any atom is 0.222 e. The third kappa shape index (κ3) is 3.39. The Morgan fingerprint density at radius 2 is 1.90 bits per heavy atom. The number of ether oxygens (including phenoxy) is 1. The van der Waals surface area contributed by atoms with Gasteiger partial charge >= 0.3 is 0 Å². The average Bonchev–Trinajstić information content (AvgIpc) is 3.18. The number of hydrogen-bond acceptors (Lipinski definition) is 2. The summed E-state index contributed by atoms with van der Waals surface area (Å²) in [5.41, 5.74) is 1.33. The minimum Gasteiger partial charge on any atom is -0.497 e. The van der Waals surface area contributed by atoms with Gasteiger partial charge in [-0.1, -0.05) is 25.0 Å². The van der Waals surface area contributed by atoms with Crippen LogP contribution in [0.2, 0.25) is 0 Å². The summed E-state index contributed by atoms with van der Waals surface area (Å²) in [5.74, 6) is 2.41. The van der Waals surface area contributed by atoms with Crippen molar-refractivity contribution in [2.45, 2.75) is 44.4 Å². The number of benzene rings is 1. The number of nitrogens with zero attached hydrogens (tertiary/aromatic N) is 1. The van der Waals surface area contributed by atoms with Gasteiger partial charge in [0.15, 0.2) is 0 Å². The molecular weight excluding hydrogens is 262 g/mol. The van der Waals surface area contributed by atoms with Crippen molar-refractivity contribution >= 4 is 5.91 Å². The Morgan fingerprint density at radius 3 is 2.57 bits per heavy atom. The minimum atomic E-state index is 0.373. The van der Waals surface area contributed by atoms with E-state index in [0.29, 0.717) is 17.7 Å². The molecule has 1 aliphatic heterocycles. The molecule has 1 atom stereocenters. The molecule has 21 heavy (non-hydrogen) atoms. The summed E-state index contributed by atoms with van der Waals surface area (Å²) < 4.78 is 5.20. The third-order valence-electron chi connectivity index (χ3n) is 5.07. The molecular formula is C18H25NO2. The molecule has 3 nitrogen and oxygen atoms in total. The molecule has 1 aliphatic carbocycles. The van der Waals surface area contributed by atoms with Crippen LogP contribution in [-0.2, 0) is 4.79 Å². The van der Waals surface area contributed by atoms with Gasteiger partial charge in [-0.2, -0.15) is 0 Å². The molecule has 2 aliphatic rings. The molecule has 0 N–H and O–H groups in total. The fourth-order valence-corrected chi connectivity index (χ4v) is 3.73. The van der Waals surface area contributed by atoms with E-state index >= 15 is 0 Å². The van der Waals surface area contributed by atoms with Crippen LogP contribution in [-0.4, -0.2) is 31.0 Å². The van der Waals surface area contributed by atoms with E-state index in [9.17, 15) is 4.79 Å². The van der Waals surface area contributed by atoms with Crippen molar-refractivity contribution in [2.75, 3.05) is 20.2 Å². The lowest BCUT2D eigenvalue weighted by atomic mass is 9.98. The first-order chi connectivity index (χ1) is 10.3. The van der Waals surface area contributed by atoms with E-state index in [4.69, 9.17) is 4.74 Å². The van der Waals surface area contributed by atoms with Crippen molar-refractivity contribution in [1.82, 2.24) is 4.90 Å². The Bertz CT molecular complexity index is 476.